The van der Waals surface area contributed by atoms with E-state index < -0.39 is 0 Å². The Labute approximate surface area is 169 Å². The van der Waals surface area contributed by atoms with Gasteiger partial charge >= 0.3 is 0 Å². The zero-order chi connectivity index (χ0) is 20.0. The van der Waals surface area contributed by atoms with Gasteiger partial charge in [0.1, 0.15) is 12.4 Å². The van der Waals surface area contributed by atoms with Crippen molar-refractivity contribution >= 4 is 11.8 Å². The lowest BCUT2D eigenvalue weighted by molar-refractivity contribution is -0.148. The molecule has 0 saturated carbocycles. The van der Waals surface area contributed by atoms with Crippen molar-refractivity contribution in [3.05, 3.63) is 29.8 Å². The number of nitrogens with zero attached hydrogens (tertiary/aromatic N) is 2. The van der Waals surface area contributed by atoms with Gasteiger partial charge in [0.05, 0.1) is 12.0 Å². The number of hydrogen-bond acceptors (Lipinski definition) is 3. The number of aryl methyl sites for hydroxylation is 1. The highest BCUT2D eigenvalue weighted by molar-refractivity contribution is 5.83. The molecule has 1 spiro atoms. The van der Waals surface area contributed by atoms with Gasteiger partial charge in [0.2, 0.25) is 11.8 Å². The first-order valence-corrected chi connectivity index (χ1v) is 10.8. The van der Waals surface area contributed by atoms with Gasteiger partial charge in [-0.1, -0.05) is 38.0 Å². The highest BCUT2D eigenvalue weighted by atomic mass is 16.5. The number of carbonyl (C=O) groups excluding carboxylic acids is 2. The van der Waals surface area contributed by atoms with Gasteiger partial charge in [-0.2, -0.15) is 0 Å². The van der Waals surface area contributed by atoms with Crippen molar-refractivity contribution in [3.8, 4) is 5.75 Å². The van der Waals surface area contributed by atoms with Crippen molar-refractivity contribution < 1.29 is 14.3 Å². The summed E-state index contributed by atoms with van der Waals surface area (Å²) < 4.78 is 6.01. The molecule has 0 aliphatic carbocycles. The summed E-state index contributed by atoms with van der Waals surface area (Å²) in [5.41, 5.74) is 0.942. The van der Waals surface area contributed by atoms with E-state index >= 15 is 0 Å². The van der Waals surface area contributed by atoms with E-state index in [4.69, 9.17) is 4.74 Å². The van der Waals surface area contributed by atoms with E-state index in [0.717, 1.165) is 50.7 Å². The Morgan fingerprint density at radius 2 is 1.82 bits per heavy atom. The van der Waals surface area contributed by atoms with Crippen LogP contribution in [0, 0.1) is 5.41 Å². The lowest BCUT2D eigenvalue weighted by atomic mass is 9.73. The fraction of sp³-hybridized carbons (Fsp3) is 0.652. The lowest BCUT2D eigenvalue weighted by Gasteiger charge is -2.42. The number of fused-ring (bicyclic) bond motifs is 1. The van der Waals surface area contributed by atoms with E-state index in [1.54, 1.807) is 0 Å². The fourth-order valence-electron chi connectivity index (χ4n) is 4.58. The molecule has 1 aromatic rings. The molecule has 1 fully saturated rings. The van der Waals surface area contributed by atoms with Gasteiger partial charge in [-0.3, -0.25) is 9.59 Å². The van der Waals surface area contributed by atoms with Gasteiger partial charge < -0.3 is 14.5 Å². The first kappa shape index (κ1) is 20.7. The molecule has 28 heavy (non-hydrogen) atoms. The predicted molar refractivity (Wildman–Crippen MR) is 110 cm³/mol. The Bertz CT molecular complexity index is 680. The summed E-state index contributed by atoms with van der Waals surface area (Å²) in [5.74, 6) is 1.38. The Morgan fingerprint density at radius 1 is 1.07 bits per heavy atom. The second-order valence-corrected chi connectivity index (χ2v) is 8.26. The Morgan fingerprint density at radius 3 is 2.57 bits per heavy atom. The number of amides is 2. The van der Waals surface area contributed by atoms with E-state index in [0.29, 0.717) is 32.7 Å². The van der Waals surface area contributed by atoms with Crippen molar-refractivity contribution in [1.82, 2.24) is 9.80 Å². The number of ether oxygens (including phenoxy) is 1. The zero-order valence-corrected chi connectivity index (χ0v) is 17.4. The van der Waals surface area contributed by atoms with Crippen LogP contribution in [0.4, 0.5) is 0 Å². The van der Waals surface area contributed by atoms with Crippen LogP contribution in [0.1, 0.15) is 57.4 Å². The molecule has 2 amide bonds. The summed E-state index contributed by atoms with van der Waals surface area (Å²) in [4.78, 5) is 29.2. The van der Waals surface area contributed by atoms with Crippen LogP contribution < -0.4 is 4.74 Å². The first-order chi connectivity index (χ1) is 13.6. The maximum absolute atomic E-state index is 13.4. The lowest BCUT2D eigenvalue weighted by Crippen LogP contribution is -2.51. The molecule has 0 radical (unpaired) electrons. The molecular weight excluding hydrogens is 352 g/mol. The van der Waals surface area contributed by atoms with E-state index in [2.05, 4.69) is 12.1 Å². The van der Waals surface area contributed by atoms with Gasteiger partial charge in [-0.15, -0.1) is 0 Å². The SMILES string of the molecule is CCC(=O)N1CCC2(CCCCCc3ccccc3OCCN(C)C2=O)CC1. The molecule has 1 saturated heterocycles. The van der Waals surface area contributed by atoms with E-state index in [9.17, 15) is 9.59 Å². The van der Waals surface area contributed by atoms with Crippen LogP contribution in [-0.4, -0.2) is 54.9 Å². The molecule has 154 valence electrons. The van der Waals surface area contributed by atoms with Crippen molar-refractivity contribution in [3.63, 3.8) is 0 Å². The van der Waals surface area contributed by atoms with Crippen LogP contribution >= 0.6 is 0 Å². The first-order valence-electron chi connectivity index (χ1n) is 10.8. The number of carbonyl (C=O) groups is 2. The standard InChI is InChI=1S/C23H34N2O3/c1-3-21(26)25-15-13-23(14-16-25)12-8-4-5-9-19-10-6-7-11-20(19)28-18-17-24(2)22(23)27/h6-7,10-11H,3-5,8-9,12-18H2,1-2H3. The van der Waals surface area contributed by atoms with Gasteiger partial charge in [0.15, 0.2) is 0 Å². The van der Waals surface area contributed by atoms with Crippen molar-refractivity contribution in [2.75, 3.05) is 33.3 Å². The zero-order valence-electron chi connectivity index (χ0n) is 17.4. The van der Waals surface area contributed by atoms with Gasteiger partial charge in [-0.25, -0.2) is 0 Å². The summed E-state index contributed by atoms with van der Waals surface area (Å²) in [7, 11) is 1.89. The average Bonchev–Trinajstić information content (AvgIpc) is 2.74. The van der Waals surface area contributed by atoms with Crippen LogP contribution in [0.5, 0.6) is 5.75 Å². The maximum Gasteiger partial charge on any atom is 0.228 e. The number of para-hydroxylation sites is 1. The average molecular weight is 387 g/mol. The normalized spacial score (nSPS) is 21.1. The summed E-state index contributed by atoms with van der Waals surface area (Å²) >= 11 is 0. The number of hydrogen-bond donors (Lipinski definition) is 0. The molecular formula is C23H34N2O3. The molecule has 1 aromatic carbocycles. The summed E-state index contributed by atoms with van der Waals surface area (Å²) in [6, 6.07) is 8.24. The van der Waals surface area contributed by atoms with Gasteiger partial charge in [0.25, 0.3) is 0 Å². The van der Waals surface area contributed by atoms with Crippen LogP contribution in [0.15, 0.2) is 24.3 Å². The molecule has 0 atom stereocenters. The molecule has 3 rings (SSSR count). The van der Waals surface area contributed by atoms with Crippen molar-refractivity contribution in [2.45, 2.75) is 58.3 Å². The third-order valence-corrected chi connectivity index (χ3v) is 6.43. The number of likely N-dealkylation sites (tertiary alicyclic amines) is 1. The number of piperidine rings is 1. The molecule has 2 aliphatic rings. The molecule has 0 bridgehead atoms. The minimum absolute atomic E-state index is 0.200. The van der Waals surface area contributed by atoms with Gasteiger partial charge in [0, 0.05) is 26.6 Å². The fourth-order valence-corrected chi connectivity index (χ4v) is 4.58. The highest BCUT2D eigenvalue weighted by Gasteiger charge is 2.42. The Kier molecular flexibility index (Phi) is 6.97. The molecule has 0 aromatic heterocycles. The summed E-state index contributed by atoms with van der Waals surface area (Å²) in [6.07, 6.45) is 7.33. The molecule has 5 nitrogen and oxygen atoms in total. The maximum atomic E-state index is 13.4. The Hall–Kier alpha value is -2.04. The van der Waals surface area contributed by atoms with E-state index in [1.165, 1.54) is 5.56 Å². The summed E-state index contributed by atoms with van der Waals surface area (Å²) in [6.45, 7) is 4.41. The predicted octanol–water partition coefficient (Wildman–Crippen LogP) is 3.66. The summed E-state index contributed by atoms with van der Waals surface area (Å²) in [5, 5.41) is 0. The van der Waals surface area contributed by atoms with E-state index in [1.807, 2.05) is 35.9 Å². The molecule has 0 unspecified atom stereocenters. The van der Waals surface area contributed by atoms with Gasteiger partial charge in [-0.05, 0) is 43.7 Å². The number of likely N-dealkylation sites (N-methyl/N-ethyl adjacent to an activating group) is 1. The topological polar surface area (TPSA) is 49.9 Å². The molecule has 2 aliphatic heterocycles. The van der Waals surface area contributed by atoms with Crippen LogP contribution in [-0.2, 0) is 16.0 Å². The molecule has 5 heteroatoms. The van der Waals surface area contributed by atoms with Crippen LogP contribution in [0.2, 0.25) is 0 Å². The minimum atomic E-state index is -0.319. The minimum Gasteiger partial charge on any atom is -0.491 e. The van der Waals surface area contributed by atoms with Crippen LogP contribution in [0.3, 0.4) is 0 Å². The quantitative estimate of drug-likeness (QED) is 0.740. The highest BCUT2D eigenvalue weighted by Crippen LogP contribution is 2.39. The number of benzene rings is 1. The van der Waals surface area contributed by atoms with Crippen molar-refractivity contribution in [1.29, 1.82) is 0 Å². The third-order valence-electron chi connectivity index (χ3n) is 6.43. The number of rotatable bonds is 1. The monoisotopic (exact) mass is 386 g/mol. The smallest absolute Gasteiger partial charge is 0.228 e. The second-order valence-electron chi connectivity index (χ2n) is 8.26. The van der Waals surface area contributed by atoms with Crippen LogP contribution in [0.25, 0.3) is 0 Å². The second kappa shape index (κ2) is 9.44. The molecule has 2 heterocycles. The molecule has 0 N–H and O–H groups in total. The van der Waals surface area contributed by atoms with E-state index in [-0.39, 0.29) is 17.2 Å². The van der Waals surface area contributed by atoms with Crippen molar-refractivity contribution in [2.24, 2.45) is 5.41 Å². The largest absolute Gasteiger partial charge is 0.491 e. The third kappa shape index (κ3) is 4.68. The Balaban J connectivity index is 1.71.